The van der Waals surface area contributed by atoms with Gasteiger partial charge in [-0.3, -0.25) is 14.5 Å². The zero-order valence-electron chi connectivity index (χ0n) is 17.2. The summed E-state index contributed by atoms with van der Waals surface area (Å²) in [6, 6.07) is 13.2. The van der Waals surface area contributed by atoms with E-state index in [0.29, 0.717) is 18.8 Å². The predicted octanol–water partition coefficient (Wildman–Crippen LogP) is 3.70. The van der Waals surface area contributed by atoms with Gasteiger partial charge in [0.25, 0.3) is 0 Å². The fraction of sp³-hybridized carbons (Fsp3) is 0.227. The molecule has 2 aromatic carbocycles. The van der Waals surface area contributed by atoms with Crippen molar-refractivity contribution in [1.82, 2.24) is 19.1 Å². The summed E-state index contributed by atoms with van der Waals surface area (Å²) in [5.74, 6) is 0.271. The number of nitrogens with two attached hydrogens (primary N) is 1. The average Bonchev–Trinajstić information content (AvgIpc) is 3.24. The van der Waals surface area contributed by atoms with E-state index in [-0.39, 0.29) is 11.6 Å². The fourth-order valence-electron chi connectivity index (χ4n) is 3.85. The van der Waals surface area contributed by atoms with Gasteiger partial charge in [-0.25, -0.2) is 14.6 Å². The van der Waals surface area contributed by atoms with Crippen molar-refractivity contribution in [3.05, 3.63) is 58.5 Å². The van der Waals surface area contributed by atoms with Crippen LogP contribution in [0.25, 0.3) is 33.5 Å². The van der Waals surface area contributed by atoms with Gasteiger partial charge in [0.05, 0.1) is 22.4 Å². The highest BCUT2D eigenvalue weighted by Crippen LogP contribution is 2.33. The van der Waals surface area contributed by atoms with Crippen molar-refractivity contribution in [2.24, 2.45) is 5.73 Å². The van der Waals surface area contributed by atoms with Gasteiger partial charge < -0.3 is 10.7 Å². The number of nitrogens with zero attached hydrogens (tertiary/aromatic N) is 3. The van der Waals surface area contributed by atoms with Crippen molar-refractivity contribution in [2.45, 2.75) is 33.9 Å². The predicted molar refractivity (Wildman–Crippen MR) is 119 cm³/mol. The largest absolute Gasteiger partial charge is 0.351 e. The van der Waals surface area contributed by atoms with E-state index >= 15 is 0 Å². The van der Waals surface area contributed by atoms with E-state index in [1.807, 2.05) is 63.2 Å². The Hall–Kier alpha value is -3.81. The molecule has 0 aliphatic heterocycles. The number of carbonyl (C=O) groups is 1. The molecule has 0 bridgehead atoms. The molecule has 30 heavy (non-hydrogen) atoms. The summed E-state index contributed by atoms with van der Waals surface area (Å²) in [6.45, 7) is 7.11. The topological polar surface area (TPSA) is 111 Å². The van der Waals surface area contributed by atoms with Gasteiger partial charge in [-0.1, -0.05) is 29.8 Å². The second-order valence-corrected chi connectivity index (χ2v) is 7.14. The highest BCUT2D eigenvalue weighted by Gasteiger charge is 2.18. The zero-order valence-corrected chi connectivity index (χ0v) is 17.2. The van der Waals surface area contributed by atoms with Gasteiger partial charge in [0, 0.05) is 24.2 Å². The van der Waals surface area contributed by atoms with Gasteiger partial charge in [0.15, 0.2) is 0 Å². The number of fused-ring (bicyclic) bond motifs is 1. The number of benzene rings is 2. The summed E-state index contributed by atoms with van der Waals surface area (Å²) in [5, 5.41) is 2.51. The van der Waals surface area contributed by atoms with E-state index in [9.17, 15) is 9.59 Å². The van der Waals surface area contributed by atoms with Crippen LogP contribution in [0.2, 0.25) is 0 Å². The molecule has 0 unspecified atom stereocenters. The first kappa shape index (κ1) is 19.5. The molecule has 4 aromatic rings. The Balaban J connectivity index is 1.95. The average molecular weight is 404 g/mol. The first-order valence-electron chi connectivity index (χ1n) is 9.89. The number of imidazole rings is 2. The number of carbonyl (C=O) groups excluding carboxylic acids is 1. The van der Waals surface area contributed by atoms with Crippen molar-refractivity contribution in [2.75, 3.05) is 5.32 Å². The van der Waals surface area contributed by atoms with Gasteiger partial charge in [-0.15, -0.1) is 0 Å². The molecule has 2 aromatic heterocycles. The maximum Gasteiger partial charge on any atom is 0.329 e. The Morgan fingerprint density at radius 2 is 1.80 bits per heavy atom. The van der Waals surface area contributed by atoms with Crippen molar-refractivity contribution >= 4 is 23.0 Å². The molecule has 0 fully saturated rings. The van der Waals surface area contributed by atoms with Gasteiger partial charge in [-0.2, -0.15) is 0 Å². The first-order valence-corrected chi connectivity index (χ1v) is 9.89. The minimum Gasteiger partial charge on any atom is -0.351 e. The smallest absolute Gasteiger partial charge is 0.329 e. The Bertz CT molecular complexity index is 1310. The minimum absolute atomic E-state index is 0.0215. The highest BCUT2D eigenvalue weighted by molar-refractivity contribution is 5.90. The molecule has 0 aliphatic rings. The van der Waals surface area contributed by atoms with Crippen LogP contribution < -0.4 is 16.7 Å². The molecule has 8 nitrogen and oxygen atoms in total. The number of aryl methyl sites for hydroxylation is 3. The highest BCUT2D eigenvalue weighted by atomic mass is 16.2. The molecule has 0 aliphatic carbocycles. The summed E-state index contributed by atoms with van der Waals surface area (Å²) >= 11 is 0. The molecule has 0 atom stereocenters. The number of anilines is 1. The van der Waals surface area contributed by atoms with Crippen LogP contribution in [-0.2, 0) is 13.1 Å². The van der Waals surface area contributed by atoms with Gasteiger partial charge in [0.1, 0.15) is 0 Å². The van der Waals surface area contributed by atoms with E-state index in [0.717, 1.165) is 33.4 Å². The van der Waals surface area contributed by atoms with E-state index in [4.69, 9.17) is 5.73 Å². The van der Waals surface area contributed by atoms with Crippen molar-refractivity contribution in [3.8, 4) is 22.5 Å². The number of rotatable bonds is 5. The fourth-order valence-corrected chi connectivity index (χ4v) is 3.85. The molecule has 0 radical (unpaired) electrons. The Kier molecular flexibility index (Phi) is 4.91. The summed E-state index contributed by atoms with van der Waals surface area (Å²) in [4.78, 5) is 31.8. The van der Waals surface area contributed by atoms with Crippen LogP contribution in [0.3, 0.4) is 0 Å². The quantitative estimate of drug-likeness (QED) is 0.471. The molecule has 4 N–H and O–H groups in total. The van der Waals surface area contributed by atoms with Crippen LogP contribution in [0, 0.1) is 6.92 Å². The molecule has 4 rings (SSSR count). The van der Waals surface area contributed by atoms with E-state index in [2.05, 4.69) is 15.3 Å². The van der Waals surface area contributed by atoms with Crippen LogP contribution in [-0.4, -0.2) is 25.1 Å². The second kappa shape index (κ2) is 7.55. The number of hydrogen-bond acceptors (Lipinski definition) is 3. The number of nitrogens with one attached hydrogen (secondary N) is 2. The first-order chi connectivity index (χ1) is 14.4. The van der Waals surface area contributed by atoms with Gasteiger partial charge in [-0.05, 0) is 39.0 Å². The maximum absolute atomic E-state index is 12.7. The molecule has 8 heteroatoms. The Morgan fingerprint density at radius 1 is 1.07 bits per heavy atom. The molecule has 2 amide bonds. The molecule has 0 saturated carbocycles. The van der Waals surface area contributed by atoms with E-state index < -0.39 is 6.03 Å². The normalized spacial score (nSPS) is 11.2. The number of H-pyrrole nitrogens is 1. The zero-order chi connectivity index (χ0) is 21.4. The summed E-state index contributed by atoms with van der Waals surface area (Å²) in [6.07, 6.45) is 0. The standard InChI is InChI=1S/C22H24N6O2/c1-4-27-16-10-9-15(12-17(16)28(5-2)22(27)30)19-18(14-8-6-7-13(3)11-14)24-21(25-19)26-20(23)29/h6-12H,4-5H2,1-3H3,(H4,23,24,25,26,29). The Morgan fingerprint density at radius 3 is 2.47 bits per heavy atom. The minimum atomic E-state index is -0.693. The van der Waals surface area contributed by atoms with Crippen molar-refractivity contribution < 1.29 is 4.79 Å². The van der Waals surface area contributed by atoms with Crippen LogP contribution in [0.1, 0.15) is 19.4 Å². The van der Waals surface area contributed by atoms with Gasteiger partial charge >= 0.3 is 11.7 Å². The molecule has 154 valence electrons. The third-order valence-electron chi connectivity index (χ3n) is 5.18. The molecular formula is C22H24N6O2. The van der Waals surface area contributed by atoms with Crippen molar-refractivity contribution in [1.29, 1.82) is 0 Å². The van der Waals surface area contributed by atoms with Crippen LogP contribution >= 0.6 is 0 Å². The molecule has 0 saturated heterocycles. The monoisotopic (exact) mass is 404 g/mol. The van der Waals surface area contributed by atoms with Gasteiger partial charge in [0.2, 0.25) is 5.95 Å². The molecule has 2 heterocycles. The van der Waals surface area contributed by atoms with Crippen LogP contribution in [0.4, 0.5) is 10.7 Å². The third-order valence-corrected chi connectivity index (χ3v) is 5.18. The van der Waals surface area contributed by atoms with Crippen LogP contribution in [0.5, 0.6) is 0 Å². The lowest BCUT2D eigenvalue weighted by Crippen LogP contribution is -2.22. The molecular weight excluding hydrogens is 380 g/mol. The van der Waals surface area contributed by atoms with Crippen LogP contribution in [0.15, 0.2) is 47.3 Å². The SMILES string of the molecule is CCn1c(=O)n(CC)c2cc(-c3[nH]c(NC(N)=O)nc3-c3cccc(C)c3)ccc21. The molecule has 0 spiro atoms. The third kappa shape index (κ3) is 3.26. The summed E-state index contributed by atoms with van der Waals surface area (Å²) in [5.41, 5.74) is 11.3. The summed E-state index contributed by atoms with van der Waals surface area (Å²) in [7, 11) is 0. The summed E-state index contributed by atoms with van der Waals surface area (Å²) < 4.78 is 3.52. The van der Waals surface area contributed by atoms with E-state index in [1.165, 1.54) is 0 Å². The van der Waals surface area contributed by atoms with Crippen molar-refractivity contribution in [3.63, 3.8) is 0 Å². The number of aromatic nitrogens is 4. The lowest BCUT2D eigenvalue weighted by atomic mass is 10.0. The number of primary amides is 1. The Labute approximate surface area is 173 Å². The number of hydrogen-bond donors (Lipinski definition) is 3. The maximum atomic E-state index is 12.7. The lowest BCUT2D eigenvalue weighted by Gasteiger charge is -2.06. The number of aromatic amines is 1. The lowest BCUT2D eigenvalue weighted by molar-refractivity contribution is 0.259. The van der Waals surface area contributed by atoms with E-state index in [1.54, 1.807) is 9.13 Å². The second-order valence-electron chi connectivity index (χ2n) is 7.14. The number of amides is 2. The number of urea groups is 1.